The average Bonchev–Trinajstić information content (AvgIpc) is 3.16. The van der Waals surface area contributed by atoms with Gasteiger partial charge in [-0.1, -0.05) is 53.5 Å². The van der Waals surface area contributed by atoms with Crippen LogP contribution in [0.25, 0.3) is 0 Å². The van der Waals surface area contributed by atoms with E-state index < -0.39 is 17.3 Å². The number of carbonyl (C=O) groups excluding carboxylic acids is 1. The van der Waals surface area contributed by atoms with Crippen LogP contribution in [0.3, 0.4) is 0 Å². The lowest BCUT2D eigenvalue weighted by atomic mass is 9.46. The van der Waals surface area contributed by atoms with Gasteiger partial charge >= 0.3 is 0 Å². The molecule has 0 amide bonds. The van der Waals surface area contributed by atoms with E-state index in [0.29, 0.717) is 23.2 Å². The van der Waals surface area contributed by atoms with Crippen molar-refractivity contribution in [2.75, 3.05) is 6.61 Å². The summed E-state index contributed by atoms with van der Waals surface area (Å²) >= 11 is 0. The Morgan fingerprint density at radius 2 is 1.68 bits per heavy atom. The van der Waals surface area contributed by atoms with Gasteiger partial charge in [0.1, 0.15) is 6.10 Å². The molecule has 0 saturated heterocycles. The van der Waals surface area contributed by atoms with Crippen molar-refractivity contribution in [1.82, 2.24) is 0 Å². The number of hydrogen-bond donors (Lipinski definition) is 2. The second kappa shape index (κ2) is 11.4. The van der Waals surface area contributed by atoms with Gasteiger partial charge in [-0.15, -0.1) is 0 Å². The molecule has 3 fully saturated rings. The van der Waals surface area contributed by atoms with Crippen molar-refractivity contribution in [1.29, 1.82) is 0 Å². The second-order valence-corrected chi connectivity index (χ2v) is 14.6. The van der Waals surface area contributed by atoms with Crippen molar-refractivity contribution >= 4 is 5.78 Å². The average molecular weight is 519 g/mol. The highest BCUT2D eigenvalue weighted by Crippen LogP contribution is 2.67. The molecule has 37 heavy (non-hydrogen) atoms. The van der Waals surface area contributed by atoms with E-state index >= 15 is 0 Å². The molecule has 3 saturated carbocycles. The zero-order chi connectivity index (χ0) is 27.8. The molecule has 4 nitrogen and oxygen atoms in total. The molecular weight excluding hydrogens is 460 g/mol. The highest BCUT2D eigenvalue weighted by Gasteiger charge is 2.60. The van der Waals surface area contributed by atoms with Crippen LogP contribution in [0.2, 0.25) is 0 Å². The summed E-state index contributed by atoms with van der Waals surface area (Å²) in [4.78, 5) is 13.5. The maximum atomic E-state index is 13.5. The van der Waals surface area contributed by atoms with Gasteiger partial charge in [0.05, 0.1) is 17.8 Å². The highest BCUT2D eigenvalue weighted by molar-refractivity contribution is 6.01. The van der Waals surface area contributed by atoms with Crippen molar-refractivity contribution in [2.24, 2.45) is 40.4 Å². The van der Waals surface area contributed by atoms with Gasteiger partial charge in [-0.05, 0) is 119 Å². The van der Waals surface area contributed by atoms with Crippen LogP contribution >= 0.6 is 0 Å². The Labute approximate surface area is 228 Å². The fourth-order valence-electron chi connectivity index (χ4n) is 9.03. The number of fused-ring (bicyclic) bond motifs is 5. The topological polar surface area (TPSA) is 66.8 Å². The van der Waals surface area contributed by atoms with E-state index in [1.54, 1.807) is 13.8 Å². The van der Waals surface area contributed by atoms with Crippen LogP contribution in [0.15, 0.2) is 11.6 Å². The van der Waals surface area contributed by atoms with Crippen LogP contribution in [0.4, 0.5) is 0 Å². The zero-order valence-corrected chi connectivity index (χ0v) is 25.5. The van der Waals surface area contributed by atoms with Crippen LogP contribution in [-0.4, -0.2) is 39.9 Å². The van der Waals surface area contributed by atoms with Crippen LogP contribution in [0.5, 0.6) is 0 Å². The Bertz CT molecular complexity index is 817. The molecule has 2 N–H and O–H groups in total. The van der Waals surface area contributed by atoms with E-state index in [0.717, 1.165) is 49.5 Å². The maximum absolute atomic E-state index is 13.5. The molecular formula is C33H58O4. The maximum Gasteiger partial charge on any atom is 0.187 e. The van der Waals surface area contributed by atoms with Gasteiger partial charge in [0.2, 0.25) is 0 Å². The first-order valence-electron chi connectivity index (χ1n) is 15.5. The molecule has 4 aliphatic rings. The summed E-state index contributed by atoms with van der Waals surface area (Å²) in [6.45, 7) is 18.9. The number of hydrogen-bond acceptors (Lipinski definition) is 4. The first-order valence-corrected chi connectivity index (χ1v) is 15.5. The quantitative estimate of drug-likeness (QED) is 0.349. The number of Topliss-reactive ketones (excluding diaryl/α,β-unsaturated/α-hetero) is 1. The molecule has 0 spiro atoms. The zero-order valence-electron chi connectivity index (χ0n) is 25.5. The number of ether oxygens (including phenoxy) is 1. The Morgan fingerprint density at radius 3 is 2.30 bits per heavy atom. The van der Waals surface area contributed by atoms with Crippen molar-refractivity contribution in [3.63, 3.8) is 0 Å². The number of carbonyl (C=O) groups is 1. The number of rotatable bonds is 8. The minimum Gasteiger partial charge on any atom is -0.390 e. The summed E-state index contributed by atoms with van der Waals surface area (Å²) in [5, 5.41) is 20.2. The Hall–Kier alpha value is -0.710. The van der Waals surface area contributed by atoms with Crippen molar-refractivity contribution in [3.05, 3.63) is 11.6 Å². The summed E-state index contributed by atoms with van der Waals surface area (Å²) in [7, 11) is 0. The minimum atomic E-state index is -0.911. The molecule has 8 atom stereocenters. The Morgan fingerprint density at radius 1 is 1.00 bits per heavy atom. The van der Waals surface area contributed by atoms with E-state index in [9.17, 15) is 15.0 Å². The van der Waals surface area contributed by atoms with E-state index in [-0.39, 0.29) is 17.8 Å². The molecule has 0 radical (unpaired) electrons. The number of ketones is 1. The van der Waals surface area contributed by atoms with Crippen molar-refractivity contribution in [3.8, 4) is 0 Å². The lowest BCUT2D eigenvalue weighted by molar-refractivity contribution is -0.140. The third-order valence-corrected chi connectivity index (χ3v) is 10.8. The van der Waals surface area contributed by atoms with Gasteiger partial charge in [-0.2, -0.15) is 0 Å². The smallest absolute Gasteiger partial charge is 0.187 e. The van der Waals surface area contributed by atoms with Gasteiger partial charge in [0.25, 0.3) is 0 Å². The largest absolute Gasteiger partial charge is 0.390 e. The summed E-state index contributed by atoms with van der Waals surface area (Å²) in [6.07, 6.45) is 13.1. The molecule has 0 aliphatic heterocycles. The summed E-state index contributed by atoms with van der Waals surface area (Å²) in [6, 6.07) is 0. The van der Waals surface area contributed by atoms with Gasteiger partial charge in [0.15, 0.2) is 5.78 Å². The van der Waals surface area contributed by atoms with Crippen LogP contribution in [0.1, 0.15) is 127 Å². The lowest BCUT2D eigenvalue weighted by Crippen LogP contribution is -2.53. The summed E-state index contributed by atoms with van der Waals surface area (Å²) in [5.41, 5.74) is -0.0490. The van der Waals surface area contributed by atoms with Gasteiger partial charge < -0.3 is 14.9 Å². The summed E-state index contributed by atoms with van der Waals surface area (Å²) in [5.74, 6) is 3.72. The van der Waals surface area contributed by atoms with Crippen molar-refractivity contribution in [2.45, 2.75) is 144 Å². The number of aliphatic hydroxyl groups is 2. The predicted molar refractivity (Wildman–Crippen MR) is 152 cm³/mol. The Balaban J connectivity index is 0.00000186. The second-order valence-electron chi connectivity index (χ2n) is 14.6. The molecule has 0 bridgehead atoms. The van der Waals surface area contributed by atoms with Gasteiger partial charge in [-0.25, -0.2) is 0 Å². The first-order chi connectivity index (χ1) is 17.2. The molecule has 4 rings (SSSR count). The van der Waals surface area contributed by atoms with Gasteiger partial charge in [0, 0.05) is 5.57 Å². The van der Waals surface area contributed by atoms with E-state index in [2.05, 4.69) is 26.8 Å². The monoisotopic (exact) mass is 518 g/mol. The van der Waals surface area contributed by atoms with E-state index in [1.807, 2.05) is 27.7 Å². The first kappa shape index (κ1) is 30.8. The molecule has 5 unspecified atom stereocenters. The molecule has 4 heteroatoms. The molecule has 0 aromatic rings. The van der Waals surface area contributed by atoms with Crippen molar-refractivity contribution < 1.29 is 19.7 Å². The van der Waals surface area contributed by atoms with E-state index in [1.165, 1.54) is 32.1 Å². The number of allylic oxidation sites excluding steroid dienone is 1. The fourth-order valence-corrected chi connectivity index (χ4v) is 9.03. The Kier molecular flexibility index (Phi) is 9.51. The highest BCUT2D eigenvalue weighted by atomic mass is 16.5. The molecule has 214 valence electrons. The third-order valence-electron chi connectivity index (χ3n) is 10.8. The molecule has 4 aliphatic carbocycles. The van der Waals surface area contributed by atoms with E-state index in [4.69, 9.17) is 4.74 Å². The molecule has 0 aromatic heterocycles. The van der Waals surface area contributed by atoms with Crippen LogP contribution < -0.4 is 0 Å². The molecule has 0 aromatic carbocycles. The molecule has 0 heterocycles. The lowest BCUT2D eigenvalue weighted by Gasteiger charge is -2.58. The summed E-state index contributed by atoms with van der Waals surface area (Å²) < 4.78 is 5.91. The standard InChI is InChI=1S/C31H52O4.C2H6/c1-20(9-8-16-28(2,3)33)22-12-13-23-21-10-11-25-27(32)26(35-19-29(4,5)34)15-18-31(25,7)24(21)14-17-30(22,23)6;1-2/h11,20-24,26,33-34H,8-10,12-19H2,1-7H3;1-2H3/t20-,21+,22?,23?,24?,26?,30?,31-;/m1./s1. The minimum absolute atomic E-state index is 0.0215. The SMILES string of the molecule is CC.C[C@H](CCCC(C)(C)O)C1CCC2[C@@H]3CC=C4C(=O)C(OCC(C)(C)O)CC[C@]4(C)C3CCC21C. The normalized spacial score (nSPS) is 38.5. The predicted octanol–water partition coefficient (Wildman–Crippen LogP) is 7.50. The van der Waals surface area contributed by atoms with Gasteiger partial charge in [-0.3, -0.25) is 4.79 Å². The van der Waals surface area contributed by atoms with Crippen LogP contribution in [0, 0.1) is 40.4 Å². The van der Waals surface area contributed by atoms with Crippen LogP contribution in [-0.2, 0) is 9.53 Å². The fraction of sp³-hybridized carbons (Fsp3) is 0.909. The third kappa shape index (κ3) is 6.38.